The van der Waals surface area contributed by atoms with Crippen molar-refractivity contribution in [1.82, 2.24) is 15.8 Å². The molecule has 0 aromatic carbocycles. The van der Waals surface area contributed by atoms with Crippen molar-refractivity contribution in [2.24, 2.45) is 10.1 Å². The van der Waals surface area contributed by atoms with E-state index in [4.69, 9.17) is 9.66 Å². The van der Waals surface area contributed by atoms with E-state index in [1.165, 1.54) is 0 Å². The standard InChI is InChI=1S/C14H27N5O3S.HI/c1-4-11(5-2)13-9-12(22-19-13)10-18-14(16-6-3)17-7-8-23(15,20)21;/h9,11H,4-8,10H2,1-3H3,(H2,15,20,21)(H2,16,17,18);1H. The maximum atomic E-state index is 10.9. The van der Waals surface area contributed by atoms with Gasteiger partial charge in [0.1, 0.15) is 6.54 Å². The number of hydrogen-bond donors (Lipinski definition) is 3. The Morgan fingerprint density at radius 2 is 2.00 bits per heavy atom. The number of hydrogen-bond acceptors (Lipinski definition) is 5. The molecule has 24 heavy (non-hydrogen) atoms. The van der Waals surface area contributed by atoms with E-state index < -0.39 is 10.0 Å². The van der Waals surface area contributed by atoms with E-state index in [0.717, 1.165) is 18.5 Å². The maximum Gasteiger partial charge on any atom is 0.210 e. The molecule has 0 bridgehead atoms. The Morgan fingerprint density at radius 3 is 2.54 bits per heavy atom. The third-order valence-corrected chi connectivity index (χ3v) is 4.17. The van der Waals surface area contributed by atoms with Gasteiger partial charge in [-0.1, -0.05) is 19.0 Å². The van der Waals surface area contributed by atoms with Gasteiger partial charge in [-0.25, -0.2) is 18.5 Å². The smallest absolute Gasteiger partial charge is 0.210 e. The van der Waals surface area contributed by atoms with Crippen molar-refractivity contribution < 1.29 is 12.9 Å². The highest BCUT2D eigenvalue weighted by molar-refractivity contribution is 14.0. The first-order valence-electron chi connectivity index (χ1n) is 7.87. The zero-order chi connectivity index (χ0) is 17.3. The SMILES string of the molecule is CCNC(=NCc1cc(C(CC)CC)no1)NCCS(N)(=O)=O.I. The second-order valence-electron chi connectivity index (χ2n) is 5.22. The van der Waals surface area contributed by atoms with Gasteiger partial charge in [-0.15, -0.1) is 24.0 Å². The molecule has 0 aliphatic heterocycles. The average molecular weight is 473 g/mol. The molecule has 10 heteroatoms. The van der Waals surface area contributed by atoms with Gasteiger partial charge in [0.2, 0.25) is 10.0 Å². The third kappa shape index (κ3) is 8.83. The number of aromatic nitrogens is 1. The van der Waals surface area contributed by atoms with E-state index in [1.807, 2.05) is 13.0 Å². The second kappa shape index (κ2) is 11.6. The molecule has 0 saturated heterocycles. The molecule has 0 aliphatic carbocycles. The van der Waals surface area contributed by atoms with Gasteiger partial charge in [0.25, 0.3) is 0 Å². The average Bonchev–Trinajstić information content (AvgIpc) is 2.93. The summed E-state index contributed by atoms with van der Waals surface area (Å²) in [6.07, 6.45) is 2.03. The fourth-order valence-electron chi connectivity index (χ4n) is 2.11. The zero-order valence-electron chi connectivity index (χ0n) is 14.4. The van der Waals surface area contributed by atoms with Crippen LogP contribution in [0.5, 0.6) is 0 Å². The van der Waals surface area contributed by atoms with Crippen LogP contribution in [0.3, 0.4) is 0 Å². The Balaban J connectivity index is 0.00000529. The molecule has 0 spiro atoms. The molecule has 0 saturated carbocycles. The van der Waals surface area contributed by atoms with Crippen molar-refractivity contribution >= 4 is 40.0 Å². The lowest BCUT2D eigenvalue weighted by Gasteiger charge is -2.10. The normalized spacial score (nSPS) is 12.1. The van der Waals surface area contributed by atoms with Gasteiger partial charge in [-0.2, -0.15) is 0 Å². The number of sulfonamides is 1. The quantitative estimate of drug-likeness (QED) is 0.284. The van der Waals surface area contributed by atoms with E-state index in [0.29, 0.717) is 30.7 Å². The Bertz CT molecular complexity index is 599. The van der Waals surface area contributed by atoms with E-state index >= 15 is 0 Å². The molecule has 0 fully saturated rings. The molecule has 140 valence electrons. The molecule has 0 amide bonds. The Labute approximate surface area is 161 Å². The molecular weight excluding hydrogens is 445 g/mol. The van der Waals surface area contributed by atoms with Crippen molar-refractivity contribution in [3.63, 3.8) is 0 Å². The van der Waals surface area contributed by atoms with Crippen LogP contribution in [0.15, 0.2) is 15.6 Å². The summed E-state index contributed by atoms with van der Waals surface area (Å²) in [6.45, 7) is 7.36. The number of halogens is 1. The van der Waals surface area contributed by atoms with Gasteiger partial charge in [0.05, 0.1) is 11.4 Å². The predicted octanol–water partition coefficient (Wildman–Crippen LogP) is 1.54. The number of primary sulfonamides is 1. The van der Waals surface area contributed by atoms with Crippen LogP contribution in [0, 0.1) is 0 Å². The number of nitrogens with one attached hydrogen (secondary N) is 2. The van der Waals surface area contributed by atoms with Crippen molar-refractivity contribution in [3.05, 3.63) is 17.5 Å². The molecule has 0 radical (unpaired) electrons. The topological polar surface area (TPSA) is 123 Å². The van der Waals surface area contributed by atoms with Gasteiger partial charge in [-0.3, -0.25) is 0 Å². The molecule has 8 nitrogen and oxygen atoms in total. The van der Waals surface area contributed by atoms with Gasteiger partial charge < -0.3 is 15.2 Å². The molecule has 0 aliphatic rings. The minimum Gasteiger partial charge on any atom is -0.359 e. The van der Waals surface area contributed by atoms with Crippen LogP contribution in [0.4, 0.5) is 0 Å². The molecule has 1 aromatic heterocycles. The van der Waals surface area contributed by atoms with Crippen molar-refractivity contribution in [2.45, 2.75) is 46.1 Å². The summed E-state index contributed by atoms with van der Waals surface area (Å²) in [6, 6.07) is 1.93. The number of nitrogens with zero attached hydrogens (tertiary/aromatic N) is 2. The fourth-order valence-corrected chi connectivity index (χ4v) is 2.50. The molecule has 1 rings (SSSR count). The third-order valence-electron chi connectivity index (χ3n) is 3.40. The van der Waals surface area contributed by atoms with Crippen LogP contribution >= 0.6 is 24.0 Å². The second-order valence-corrected chi connectivity index (χ2v) is 6.95. The molecular formula is C14H28IN5O3S. The maximum absolute atomic E-state index is 10.9. The number of rotatable bonds is 9. The highest BCUT2D eigenvalue weighted by atomic mass is 127. The van der Waals surface area contributed by atoms with Gasteiger partial charge >= 0.3 is 0 Å². The highest BCUT2D eigenvalue weighted by Gasteiger charge is 2.12. The van der Waals surface area contributed by atoms with Crippen LogP contribution in [0.2, 0.25) is 0 Å². The minimum absolute atomic E-state index is 0. The van der Waals surface area contributed by atoms with Crippen molar-refractivity contribution in [2.75, 3.05) is 18.8 Å². The summed E-state index contributed by atoms with van der Waals surface area (Å²) in [5.74, 6) is 1.43. The van der Waals surface area contributed by atoms with E-state index in [2.05, 4.69) is 34.6 Å². The predicted molar refractivity (Wildman–Crippen MR) is 106 cm³/mol. The summed E-state index contributed by atoms with van der Waals surface area (Å²) >= 11 is 0. The lowest BCUT2D eigenvalue weighted by molar-refractivity contribution is 0.372. The largest absolute Gasteiger partial charge is 0.359 e. The first-order valence-corrected chi connectivity index (χ1v) is 9.59. The minimum atomic E-state index is -3.49. The molecule has 1 aromatic rings. The van der Waals surface area contributed by atoms with Gasteiger partial charge in [0.15, 0.2) is 11.7 Å². The summed E-state index contributed by atoms with van der Waals surface area (Å²) < 4.78 is 27.2. The summed E-state index contributed by atoms with van der Waals surface area (Å²) in [5.41, 5.74) is 0.951. The van der Waals surface area contributed by atoms with Crippen LogP contribution in [-0.2, 0) is 16.6 Å². The fraction of sp³-hybridized carbons (Fsp3) is 0.714. The number of guanidine groups is 1. The van der Waals surface area contributed by atoms with Crippen molar-refractivity contribution in [3.8, 4) is 0 Å². The summed E-state index contributed by atoms with van der Waals surface area (Å²) in [7, 11) is -3.49. The highest BCUT2D eigenvalue weighted by Crippen LogP contribution is 2.22. The molecule has 1 heterocycles. The van der Waals surface area contributed by atoms with Crippen LogP contribution in [0.1, 0.15) is 51.0 Å². The monoisotopic (exact) mass is 473 g/mol. The number of aliphatic imine (C=N–C) groups is 1. The molecule has 0 unspecified atom stereocenters. The van der Waals surface area contributed by atoms with Crippen LogP contribution in [0.25, 0.3) is 0 Å². The summed E-state index contributed by atoms with van der Waals surface area (Å²) in [4.78, 5) is 4.35. The van der Waals surface area contributed by atoms with E-state index in [9.17, 15) is 8.42 Å². The Kier molecular flexibility index (Phi) is 11.2. The Hall–Kier alpha value is -0.880. The first kappa shape index (κ1) is 23.1. The summed E-state index contributed by atoms with van der Waals surface area (Å²) in [5, 5.41) is 15.0. The number of nitrogens with two attached hydrogens (primary N) is 1. The zero-order valence-corrected chi connectivity index (χ0v) is 17.6. The molecule has 4 N–H and O–H groups in total. The lowest BCUT2D eigenvalue weighted by atomic mass is 9.99. The molecule has 0 atom stereocenters. The lowest BCUT2D eigenvalue weighted by Crippen LogP contribution is -2.40. The Morgan fingerprint density at radius 1 is 1.33 bits per heavy atom. The first-order chi connectivity index (χ1) is 10.9. The van der Waals surface area contributed by atoms with E-state index in [-0.39, 0.29) is 36.3 Å². The van der Waals surface area contributed by atoms with Gasteiger partial charge in [0, 0.05) is 25.1 Å². The van der Waals surface area contributed by atoms with Crippen LogP contribution in [-0.4, -0.2) is 38.4 Å². The van der Waals surface area contributed by atoms with Gasteiger partial charge in [-0.05, 0) is 19.8 Å². The van der Waals surface area contributed by atoms with E-state index in [1.54, 1.807) is 0 Å². The van der Waals surface area contributed by atoms with Crippen LogP contribution < -0.4 is 15.8 Å². The van der Waals surface area contributed by atoms with Crippen molar-refractivity contribution in [1.29, 1.82) is 0 Å².